The Morgan fingerprint density at radius 1 is 1.06 bits per heavy atom. The Morgan fingerprint density at radius 2 is 1.82 bits per heavy atom. The Kier molecular flexibility index (Phi) is 7.35. The third-order valence-corrected chi connectivity index (χ3v) is 8.39. The van der Waals surface area contributed by atoms with Crippen LogP contribution < -0.4 is 15.5 Å². The van der Waals surface area contributed by atoms with Crippen LogP contribution in [0.1, 0.15) is 63.4 Å². The maximum Gasteiger partial charge on any atom is 0.224 e. The lowest BCUT2D eigenvalue weighted by Gasteiger charge is -2.38. The van der Waals surface area contributed by atoms with Crippen LogP contribution >= 0.6 is 0 Å². The van der Waals surface area contributed by atoms with Crippen LogP contribution in [0.3, 0.4) is 0 Å². The monoisotopic (exact) mass is 464 g/mol. The third-order valence-electron chi connectivity index (χ3n) is 8.39. The predicted molar refractivity (Wildman–Crippen MR) is 138 cm³/mol. The number of amides is 1. The van der Waals surface area contributed by atoms with Crippen molar-refractivity contribution in [2.75, 3.05) is 36.5 Å². The summed E-state index contributed by atoms with van der Waals surface area (Å²) in [6, 6.07) is 8.84. The van der Waals surface area contributed by atoms with Crippen molar-refractivity contribution >= 4 is 28.3 Å². The van der Waals surface area contributed by atoms with Crippen LogP contribution in [0, 0.1) is 24.7 Å². The molecular formula is C28H40N4O2. The summed E-state index contributed by atoms with van der Waals surface area (Å²) in [5, 5.41) is 16.7. The number of piperidine rings is 1. The zero-order valence-corrected chi connectivity index (χ0v) is 20.6. The summed E-state index contributed by atoms with van der Waals surface area (Å²) < 4.78 is 0. The van der Waals surface area contributed by atoms with E-state index in [1.807, 2.05) is 0 Å². The number of hydrogen-bond donors (Lipinski definition) is 3. The summed E-state index contributed by atoms with van der Waals surface area (Å²) in [7, 11) is 0. The first-order valence-corrected chi connectivity index (χ1v) is 13.4. The zero-order valence-electron chi connectivity index (χ0n) is 20.6. The van der Waals surface area contributed by atoms with E-state index >= 15 is 0 Å². The van der Waals surface area contributed by atoms with E-state index in [4.69, 9.17) is 10.1 Å². The normalized spacial score (nSPS) is 25.5. The van der Waals surface area contributed by atoms with Crippen LogP contribution in [-0.2, 0) is 4.79 Å². The first-order chi connectivity index (χ1) is 16.6. The van der Waals surface area contributed by atoms with Gasteiger partial charge in [0, 0.05) is 37.5 Å². The number of fused-ring (bicyclic) bond motifs is 3. The number of aliphatic hydroxyl groups is 1. The number of hydrogen-bond acceptors (Lipinski definition) is 5. The zero-order chi connectivity index (χ0) is 23.5. The number of aryl methyl sites for hydroxylation is 1. The SMILES string of the molecule is Cc1ccc2nc(N3CCC(NCCO)CC3)ccc2c1NC(=O)CC1CC2CCCC(C2)C1. The van der Waals surface area contributed by atoms with Gasteiger partial charge in [0.1, 0.15) is 5.82 Å². The van der Waals surface area contributed by atoms with Gasteiger partial charge in [0.25, 0.3) is 0 Å². The number of nitrogens with one attached hydrogen (secondary N) is 2. The summed E-state index contributed by atoms with van der Waals surface area (Å²) in [6.07, 6.45) is 10.7. The van der Waals surface area contributed by atoms with Gasteiger partial charge in [-0.2, -0.15) is 0 Å². The lowest BCUT2D eigenvalue weighted by atomic mass is 9.67. The van der Waals surface area contributed by atoms with Crippen LogP contribution in [0.25, 0.3) is 10.9 Å². The van der Waals surface area contributed by atoms with E-state index in [1.54, 1.807) is 0 Å². The molecule has 2 aromatic rings. The molecule has 2 aliphatic carbocycles. The lowest BCUT2D eigenvalue weighted by Crippen LogP contribution is -2.43. The van der Waals surface area contributed by atoms with Gasteiger partial charge < -0.3 is 20.6 Å². The highest BCUT2D eigenvalue weighted by Gasteiger charge is 2.32. The fourth-order valence-corrected chi connectivity index (χ4v) is 6.71. The molecule has 2 atom stereocenters. The van der Waals surface area contributed by atoms with Crippen molar-refractivity contribution in [3.8, 4) is 0 Å². The molecular weight excluding hydrogens is 424 g/mol. The van der Waals surface area contributed by atoms with E-state index in [0.717, 1.165) is 65.7 Å². The fraction of sp³-hybridized carbons (Fsp3) is 0.643. The van der Waals surface area contributed by atoms with E-state index in [-0.39, 0.29) is 12.5 Å². The van der Waals surface area contributed by atoms with Gasteiger partial charge in [-0.25, -0.2) is 4.98 Å². The number of nitrogens with zero attached hydrogens (tertiary/aromatic N) is 2. The molecule has 1 amide bonds. The number of anilines is 2. The molecule has 2 saturated carbocycles. The predicted octanol–water partition coefficient (Wildman–Crippen LogP) is 4.64. The average Bonchev–Trinajstić information content (AvgIpc) is 2.84. The highest BCUT2D eigenvalue weighted by atomic mass is 16.3. The molecule has 184 valence electrons. The number of aliphatic hydroxyl groups excluding tert-OH is 1. The van der Waals surface area contributed by atoms with Crippen LogP contribution in [0.4, 0.5) is 11.5 Å². The summed E-state index contributed by atoms with van der Waals surface area (Å²) >= 11 is 0. The summed E-state index contributed by atoms with van der Waals surface area (Å²) in [6.45, 7) is 4.83. The molecule has 2 heterocycles. The van der Waals surface area contributed by atoms with Crippen molar-refractivity contribution < 1.29 is 9.90 Å². The second kappa shape index (κ2) is 10.6. The molecule has 6 nitrogen and oxygen atoms in total. The third kappa shape index (κ3) is 5.38. The highest BCUT2D eigenvalue weighted by molar-refractivity contribution is 6.02. The van der Waals surface area contributed by atoms with E-state index in [0.29, 0.717) is 24.9 Å². The van der Waals surface area contributed by atoms with E-state index in [9.17, 15) is 4.79 Å². The largest absolute Gasteiger partial charge is 0.395 e. The minimum atomic E-state index is 0.155. The van der Waals surface area contributed by atoms with E-state index in [2.05, 4.69) is 46.7 Å². The van der Waals surface area contributed by atoms with Gasteiger partial charge in [0.15, 0.2) is 0 Å². The molecule has 1 aliphatic heterocycles. The molecule has 1 aromatic heterocycles. The molecule has 2 unspecified atom stereocenters. The van der Waals surface area contributed by atoms with Crippen molar-refractivity contribution in [1.29, 1.82) is 0 Å². The van der Waals surface area contributed by atoms with E-state index < -0.39 is 0 Å². The molecule has 5 rings (SSSR count). The van der Waals surface area contributed by atoms with Crippen LogP contribution in [0.2, 0.25) is 0 Å². The van der Waals surface area contributed by atoms with Gasteiger partial charge in [-0.15, -0.1) is 0 Å². The molecule has 0 spiro atoms. The Hall–Kier alpha value is -2.18. The van der Waals surface area contributed by atoms with Gasteiger partial charge >= 0.3 is 0 Å². The van der Waals surface area contributed by atoms with Gasteiger partial charge in [-0.05, 0) is 80.5 Å². The average molecular weight is 465 g/mol. The molecule has 1 aromatic carbocycles. The minimum absolute atomic E-state index is 0.155. The van der Waals surface area contributed by atoms with E-state index in [1.165, 1.54) is 38.5 Å². The second-order valence-corrected chi connectivity index (χ2v) is 10.9. The quantitative estimate of drug-likeness (QED) is 0.557. The lowest BCUT2D eigenvalue weighted by molar-refractivity contribution is -0.117. The fourth-order valence-electron chi connectivity index (χ4n) is 6.71. The number of carbonyl (C=O) groups is 1. The summed E-state index contributed by atoms with van der Waals surface area (Å²) in [5.74, 6) is 3.40. The molecule has 6 heteroatoms. The standard InChI is InChI=1S/C28H40N4O2/c1-19-5-7-25-24(6-8-26(30-25)32-12-9-23(10-13-32)29-11-14-33)28(19)31-27(34)18-22-16-20-3-2-4-21(15-20)17-22/h5-8,20-23,29,33H,2-4,9-18H2,1H3,(H,31,34). The van der Waals surface area contributed by atoms with Crippen molar-refractivity contribution in [1.82, 2.24) is 10.3 Å². The maximum atomic E-state index is 13.1. The highest BCUT2D eigenvalue weighted by Crippen LogP contribution is 2.43. The van der Waals surface area contributed by atoms with Gasteiger partial charge in [-0.3, -0.25) is 4.79 Å². The van der Waals surface area contributed by atoms with Crippen LogP contribution in [0.5, 0.6) is 0 Å². The Balaban J connectivity index is 1.25. The Labute approximate surface area is 203 Å². The molecule has 3 fully saturated rings. The number of benzene rings is 1. The van der Waals surface area contributed by atoms with Crippen molar-refractivity contribution in [2.24, 2.45) is 17.8 Å². The van der Waals surface area contributed by atoms with Crippen molar-refractivity contribution in [3.63, 3.8) is 0 Å². The van der Waals surface area contributed by atoms with Gasteiger partial charge in [-0.1, -0.05) is 25.3 Å². The minimum Gasteiger partial charge on any atom is -0.395 e. The van der Waals surface area contributed by atoms with Gasteiger partial charge in [0.2, 0.25) is 5.91 Å². The summed E-state index contributed by atoms with van der Waals surface area (Å²) in [4.78, 5) is 20.4. The number of rotatable bonds is 7. The molecule has 2 bridgehead atoms. The molecule has 3 aliphatic rings. The van der Waals surface area contributed by atoms with Crippen molar-refractivity contribution in [2.45, 2.75) is 70.8 Å². The van der Waals surface area contributed by atoms with Crippen molar-refractivity contribution in [3.05, 3.63) is 29.8 Å². The molecule has 1 saturated heterocycles. The first kappa shape index (κ1) is 23.6. The van der Waals surface area contributed by atoms with Crippen LogP contribution in [0.15, 0.2) is 24.3 Å². The first-order valence-electron chi connectivity index (χ1n) is 13.4. The number of pyridine rings is 1. The topological polar surface area (TPSA) is 77.5 Å². The number of aromatic nitrogens is 1. The molecule has 3 N–H and O–H groups in total. The Morgan fingerprint density at radius 3 is 2.56 bits per heavy atom. The van der Waals surface area contributed by atoms with Crippen LogP contribution in [-0.4, -0.2) is 48.3 Å². The molecule has 0 radical (unpaired) electrons. The second-order valence-electron chi connectivity index (χ2n) is 10.9. The smallest absolute Gasteiger partial charge is 0.224 e. The maximum absolute atomic E-state index is 13.1. The number of carbonyl (C=O) groups excluding carboxylic acids is 1. The Bertz CT molecular complexity index is 989. The van der Waals surface area contributed by atoms with Gasteiger partial charge in [0.05, 0.1) is 17.8 Å². The summed E-state index contributed by atoms with van der Waals surface area (Å²) in [5.41, 5.74) is 2.95. The molecule has 34 heavy (non-hydrogen) atoms.